The van der Waals surface area contributed by atoms with Crippen LogP contribution in [0.15, 0.2) is 46.9 Å². The molecule has 1 aromatic carbocycles. The van der Waals surface area contributed by atoms with E-state index in [1.54, 1.807) is 12.1 Å². The Morgan fingerprint density at radius 1 is 1.25 bits per heavy atom. The average molecular weight is 292 g/mol. The van der Waals surface area contributed by atoms with Crippen LogP contribution in [-0.4, -0.2) is 5.91 Å². The second kappa shape index (κ2) is 7.15. The van der Waals surface area contributed by atoms with Gasteiger partial charge >= 0.3 is 0 Å². The van der Waals surface area contributed by atoms with Gasteiger partial charge < -0.3 is 9.73 Å². The van der Waals surface area contributed by atoms with Gasteiger partial charge in [0.15, 0.2) is 5.76 Å². The van der Waals surface area contributed by atoms with Gasteiger partial charge in [-0.1, -0.05) is 43.7 Å². The number of hydrogen-bond acceptors (Lipinski definition) is 2. The molecule has 20 heavy (non-hydrogen) atoms. The number of rotatable bonds is 6. The van der Waals surface area contributed by atoms with Crippen LogP contribution in [0.1, 0.15) is 47.7 Å². The van der Waals surface area contributed by atoms with E-state index in [9.17, 15) is 4.79 Å². The van der Waals surface area contributed by atoms with Gasteiger partial charge in [0.25, 0.3) is 5.91 Å². The minimum Gasteiger partial charge on any atom is -0.455 e. The number of halogens is 1. The normalized spacial score (nSPS) is 12.1. The molecule has 106 valence electrons. The molecule has 1 N–H and O–H groups in total. The molecule has 0 aliphatic heterocycles. The highest BCUT2D eigenvalue weighted by Crippen LogP contribution is 2.19. The van der Waals surface area contributed by atoms with Crippen LogP contribution >= 0.6 is 11.6 Å². The summed E-state index contributed by atoms with van der Waals surface area (Å²) in [7, 11) is 0. The van der Waals surface area contributed by atoms with Gasteiger partial charge in [-0.05, 0) is 24.1 Å². The first-order valence-corrected chi connectivity index (χ1v) is 7.28. The first kappa shape index (κ1) is 14.7. The fourth-order valence-corrected chi connectivity index (χ4v) is 2.24. The molecule has 0 saturated carbocycles. The maximum atomic E-state index is 12.2. The van der Waals surface area contributed by atoms with Crippen LogP contribution in [0.2, 0.25) is 0 Å². The quantitative estimate of drug-likeness (QED) is 0.807. The van der Waals surface area contributed by atoms with Crippen molar-refractivity contribution in [3.63, 3.8) is 0 Å². The van der Waals surface area contributed by atoms with Crippen molar-refractivity contribution in [3.05, 3.63) is 59.5 Å². The van der Waals surface area contributed by atoms with Gasteiger partial charge in [0.05, 0.1) is 11.9 Å². The largest absolute Gasteiger partial charge is 0.455 e. The van der Waals surface area contributed by atoms with Crippen LogP contribution in [0.25, 0.3) is 0 Å². The third-order valence-electron chi connectivity index (χ3n) is 3.10. The number of amides is 1. The van der Waals surface area contributed by atoms with Gasteiger partial charge in [0.2, 0.25) is 0 Å². The smallest absolute Gasteiger partial charge is 0.287 e. The van der Waals surface area contributed by atoms with Crippen LogP contribution in [0.5, 0.6) is 0 Å². The standard InChI is InChI=1S/C16H18ClNO2/c1-2-6-14(12-7-4-3-5-8-12)18-16(19)15-10-9-13(11-17)20-15/h3-5,7-10,14H,2,6,11H2,1H3,(H,18,19). The van der Waals surface area contributed by atoms with Crippen molar-refractivity contribution in [1.82, 2.24) is 5.32 Å². The van der Waals surface area contributed by atoms with Gasteiger partial charge in [0, 0.05) is 0 Å². The molecule has 1 amide bonds. The molecule has 0 bridgehead atoms. The Labute approximate surface area is 123 Å². The first-order chi connectivity index (χ1) is 9.74. The van der Waals surface area contributed by atoms with E-state index in [4.69, 9.17) is 16.0 Å². The molecule has 2 aromatic rings. The molecule has 0 saturated heterocycles. The summed E-state index contributed by atoms with van der Waals surface area (Å²) in [6, 6.07) is 13.3. The maximum Gasteiger partial charge on any atom is 0.287 e. The van der Waals surface area contributed by atoms with Crippen LogP contribution in [0.3, 0.4) is 0 Å². The molecule has 0 fully saturated rings. The van der Waals surface area contributed by atoms with Crippen molar-refractivity contribution in [1.29, 1.82) is 0 Å². The molecule has 2 rings (SSSR count). The lowest BCUT2D eigenvalue weighted by Crippen LogP contribution is -2.28. The Bertz CT molecular complexity index is 551. The summed E-state index contributed by atoms with van der Waals surface area (Å²) in [6.45, 7) is 2.10. The Hall–Kier alpha value is -1.74. The highest BCUT2D eigenvalue weighted by Gasteiger charge is 2.17. The zero-order chi connectivity index (χ0) is 14.4. The van der Waals surface area contributed by atoms with Crippen molar-refractivity contribution in [3.8, 4) is 0 Å². The fraction of sp³-hybridized carbons (Fsp3) is 0.312. The number of carbonyl (C=O) groups excluding carboxylic acids is 1. The Morgan fingerprint density at radius 2 is 2.00 bits per heavy atom. The number of furan rings is 1. The molecular formula is C16H18ClNO2. The van der Waals surface area contributed by atoms with Crippen molar-refractivity contribution >= 4 is 17.5 Å². The van der Waals surface area contributed by atoms with Gasteiger partial charge in [-0.15, -0.1) is 11.6 Å². The number of alkyl halides is 1. The number of carbonyl (C=O) groups is 1. The molecule has 0 aliphatic rings. The van der Waals surface area contributed by atoms with E-state index in [0.29, 0.717) is 11.5 Å². The van der Waals surface area contributed by atoms with Crippen molar-refractivity contribution in [2.75, 3.05) is 0 Å². The van der Waals surface area contributed by atoms with Crippen molar-refractivity contribution < 1.29 is 9.21 Å². The highest BCUT2D eigenvalue weighted by atomic mass is 35.5. The molecule has 1 unspecified atom stereocenters. The topological polar surface area (TPSA) is 42.2 Å². The third kappa shape index (κ3) is 3.64. The minimum atomic E-state index is -0.205. The Balaban J connectivity index is 2.10. The summed E-state index contributed by atoms with van der Waals surface area (Å²) >= 11 is 5.67. The molecule has 0 aliphatic carbocycles. The van der Waals surface area contributed by atoms with E-state index in [0.717, 1.165) is 18.4 Å². The monoisotopic (exact) mass is 291 g/mol. The van der Waals surface area contributed by atoms with Crippen LogP contribution in [0, 0.1) is 0 Å². The first-order valence-electron chi connectivity index (χ1n) is 6.75. The summed E-state index contributed by atoms with van der Waals surface area (Å²) in [6.07, 6.45) is 1.88. The predicted octanol–water partition coefficient (Wildman–Crippen LogP) is 4.29. The highest BCUT2D eigenvalue weighted by molar-refractivity contribution is 6.16. The van der Waals surface area contributed by atoms with E-state index < -0.39 is 0 Å². The summed E-state index contributed by atoms with van der Waals surface area (Å²) in [5.74, 6) is 0.967. The molecular weight excluding hydrogens is 274 g/mol. The van der Waals surface area contributed by atoms with E-state index in [-0.39, 0.29) is 17.8 Å². The van der Waals surface area contributed by atoms with Gasteiger partial charge in [-0.25, -0.2) is 0 Å². The molecule has 4 heteroatoms. The summed E-state index contributed by atoms with van der Waals surface area (Å²) < 4.78 is 5.37. The van der Waals surface area contributed by atoms with E-state index >= 15 is 0 Å². The Kier molecular flexibility index (Phi) is 5.24. The van der Waals surface area contributed by atoms with Gasteiger partial charge in [-0.3, -0.25) is 4.79 Å². The zero-order valence-electron chi connectivity index (χ0n) is 11.4. The zero-order valence-corrected chi connectivity index (χ0v) is 12.2. The molecule has 0 radical (unpaired) electrons. The summed E-state index contributed by atoms with van der Waals surface area (Å²) in [5.41, 5.74) is 1.10. The molecule has 1 atom stereocenters. The lowest BCUT2D eigenvalue weighted by molar-refractivity contribution is 0.0905. The fourth-order valence-electron chi connectivity index (χ4n) is 2.10. The van der Waals surface area contributed by atoms with Crippen molar-refractivity contribution in [2.24, 2.45) is 0 Å². The second-order valence-electron chi connectivity index (χ2n) is 4.62. The van der Waals surface area contributed by atoms with Crippen molar-refractivity contribution in [2.45, 2.75) is 31.7 Å². The SMILES string of the molecule is CCCC(NC(=O)c1ccc(CCl)o1)c1ccccc1. The summed E-state index contributed by atoms with van der Waals surface area (Å²) in [5, 5.41) is 3.01. The summed E-state index contributed by atoms with van der Waals surface area (Å²) in [4.78, 5) is 12.2. The van der Waals surface area contributed by atoms with Gasteiger partial charge in [0.1, 0.15) is 5.76 Å². The molecule has 0 spiro atoms. The van der Waals surface area contributed by atoms with Crippen LogP contribution < -0.4 is 5.32 Å². The van der Waals surface area contributed by atoms with Gasteiger partial charge in [-0.2, -0.15) is 0 Å². The average Bonchev–Trinajstić information content (AvgIpc) is 2.97. The molecule has 3 nitrogen and oxygen atoms in total. The molecule has 1 aromatic heterocycles. The van der Waals surface area contributed by atoms with E-state index in [2.05, 4.69) is 12.2 Å². The maximum absolute atomic E-state index is 12.2. The van der Waals surface area contributed by atoms with Crippen LogP contribution in [0.4, 0.5) is 0 Å². The van der Waals surface area contributed by atoms with Crippen LogP contribution in [-0.2, 0) is 5.88 Å². The third-order valence-corrected chi connectivity index (χ3v) is 3.37. The lowest BCUT2D eigenvalue weighted by Gasteiger charge is -2.17. The number of hydrogen-bond donors (Lipinski definition) is 1. The number of nitrogens with one attached hydrogen (secondary N) is 1. The van der Waals surface area contributed by atoms with E-state index in [1.165, 1.54) is 0 Å². The molecule has 1 heterocycles. The predicted molar refractivity (Wildman–Crippen MR) is 79.8 cm³/mol. The lowest BCUT2D eigenvalue weighted by atomic mass is 10.0. The minimum absolute atomic E-state index is 0.00162. The number of benzene rings is 1. The Morgan fingerprint density at radius 3 is 2.60 bits per heavy atom. The van der Waals surface area contributed by atoms with E-state index in [1.807, 2.05) is 30.3 Å². The second-order valence-corrected chi connectivity index (χ2v) is 4.89.